The second-order valence-corrected chi connectivity index (χ2v) is 6.34. The summed E-state index contributed by atoms with van der Waals surface area (Å²) in [6, 6.07) is 15.6. The van der Waals surface area contributed by atoms with E-state index in [-0.39, 0.29) is 0 Å². The number of hydrogen-bond donors (Lipinski definition) is 1. The molecule has 4 nitrogen and oxygen atoms in total. The molecular weight excluding hydrogens is 343 g/mol. The molecule has 24 heavy (non-hydrogen) atoms. The van der Waals surface area contributed by atoms with Crippen molar-refractivity contribution in [2.45, 2.75) is 6.42 Å². The maximum Gasteiger partial charge on any atom is 0.231 e. The first-order valence-electron chi connectivity index (χ1n) is 7.61. The zero-order chi connectivity index (χ0) is 16.5. The molecule has 0 aliphatic carbocycles. The van der Waals surface area contributed by atoms with Gasteiger partial charge in [0.15, 0.2) is 0 Å². The maximum atomic E-state index is 6.06. The Morgan fingerprint density at radius 2 is 1.88 bits per heavy atom. The quantitative estimate of drug-likeness (QED) is 0.698. The molecule has 2 heterocycles. The summed E-state index contributed by atoms with van der Waals surface area (Å²) in [5, 5.41) is 4.27. The van der Waals surface area contributed by atoms with Gasteiger partial charge in [-0.25, -0.2) is 4.98 Å². The van der Waals surface area contributed by atoms with Gasteiger partial charge in [0.1, 0.15) is 5.82 Å². The van der Waals surface area contributed by atoms with Crippen LogP contribution in [0.5, 0.6) is 0 Å². The fourth-order valence-electron chi connectivity index (χ4n) is 2.82. The number of halogens is 2. The molecule has 0 fully saturated rings. The van der Waals surface area contributed by atoms with Gasteiger partial charge < -0.3 is 10.2 Å². The minimum Gasteiger partial charge on any atom is -0.340 e. The van der Waals surface area contributed by atoms with Crippen LogP contribution < -0.4 is 10.2 Å². The predicted molar refractivity (Wildman–Crippen MR) is 98.9 cm³/mol. The molecule has 0 amide bonds. The van der Waals surface area contributed by atoms with Crippen molar-refractivity contribution in [2.24, 2.45) is 0 Å². The number of rotatable bonds is 3. The van der Waals surface area contributed by atoms with Crippen LogP contribution in [-0.4, -0.2) is 16.5 Å². The van der Waals surface area contributed by atoms with Crippen molar-refractivity contribution in [1.82, 2.24) is 9.97 Å². The number of benzene rings is 2. The van der Waals surface area contributed by atoms with Gasteiger partial charge in [-0.15, -0.1) is 0 Å². The van der Waals surface area contributed by atoms with E-state index in [2.05, 4.69) is 38.4 Å². The third kappa shape index (κ3) is 2.90. The first kappa shape index (κ1) is 15.2. The van der Waals surface area contributed by atoms with Crippen molar-refractivity contribution in [3.63, 3.8) is 0 Å². The predicted octanol–water partition coefficient (Wildman–Crippen LogP) is 5.22. The van der Waals surface area contributed by atoms with Crippen LogP contribution in [0.25, 0.3) is 0 Å². The Morgan fingerprint density at radius 1 is 1.00 bits per heavy atom. The van der Waals surface area contributed by atoms with E-state index in [1.54, 1.807) is 18.3 Å². The summed E-state index contributed by atoms with van der Waals surface area (Å²) in [5.41, 5.74) is 3.32. The van der Waals surface area contributed by atoms with Gasteiger partial charge in [0.25, 0.3) is 0 Å². The summed E-state index contributed by atoms with van der Waals surface area (Å²) in [5.74, 6) is 1.40. The van der Waals surface area contributed by atoms with Crippen LogP contribution in [-0.2, 0) is 6.42 Å². The van der Waals surface area contributed by atoms with Gasteiger partial charge in [-0.3, -0.25) is 0 Å². The van der Waals surface area contributed by atoms with Crippen LogP contribution >= 0.6 is 23.2 Å². The summed E-state index contributed by atoms with van der Waals surface area (Å²) in [7, 11) is 0. The Hall–Kier alpha value is -2.30. The molecule has 0 spiro atoms. The summed E-state index contributed by atoms with van der Waals surface area (Å²) in [4.78, 5) is 11.2. The van der Waals surface area contributed by atoms with Crippen LogP contribution in [0.15, 0.2) is 54.7 Å². The average molecular weight is 357 g/mol. The van der Waals surface area contributed by atoms with Crippen molar-refractivity contribution in [1.29, 1.82) is 0 Å². The minimum absolute atomic E-state index is 0.504. The van der Waals surface area contributed by atoms with Crippen molar-refractivity contribution in [2.75, 3.05) is 16.8 Å². The van der Waals surface area contributed by atoms with Gasteiger partial charge in [-0.1, -0.05) is 41.4 Å². The van der Waals surface area contributed by atoms with E-state index in [0.717, 1.165) is 18.7 Å². The van der Waals surface area contributed by atoms with Crippen LogP contribution in [0.3, 0.4) is 0 Å². The van der Waals surface area contributed by atoms with E-state index in [1.807, 2.05) is 18.2 Å². The zero-order valence-electron chi connectivity index (χ0n) is 12.7. The van der Waals surface area contributed by atoms with Gasteiger partial charge in [-0.05, 0) is 42.3 Å². The largest absolute Gasteiger partial charge is 0.340 e. The highest BCUT2D eigenvalue weighted by Crippen LogP contribution is 2.33. The Labute approximate surface area is 150 Å². The van der Waals surface area contributed by atoms with Crippen molar-refractivity contribution >= 4 is 46.3 Å². The number of aromatic nitrogens is 2. The smallest absolute Gasteiger partial charge is 0.231 e. The van der Waals surface area contributed by atoms with Crippen LogP contribution in [0.1, 0.15) is 5.56 Å². The Morgan fingerprint density at radius 3 is 2.75 bits per heavy atom. The summed E-state index contributed by atoms with van der Waals surface area (Å²) in [6.07, 6.45) is 2.76. The number of fused-ring (bicyclic) bond motifs is 1. The number of nitrogens with one attached hydrogen (secondary N) is 1. The molecule has 1 N–H and O–H groups in total. The van der Waals surface area contributed by atoms with Gasteiger partial charge in [0, 0.05) is 24.1 Å². The molecule has 2 aromatic carbocycles. The third-order valence-corrected chi connectivity index (χ3v) is 4.70. The highest BCUT2D eigenvalue weighted by Gasteiger charge is 2.21. The summed E-state index contributed by atoms with van der Waals surface area (Å²) >= 11 is 12.0. The first-order valence-corrected chi connectivity index (χ1v) is 8.37. The van der Waals surface area contributed by atoms with Crippen LogP contribution in [0.2, 0.25) is 10.0 Å². The lowest BCUT2D eigenvalue weighted by Crippen LogP contribution is -2.16. The first-order chi connectivity index (χ1) is 11.7. The number of hydrogen-bond acceptors (Lipinski definition) is 4. The molecule has 0 saturated carbocycles. The normalized spacial score (nSPS) is 13.0. The van der Waals surface area contributed by atoms with E-state index >= 15 is 0 Å². The molecule has 0 bridgehead atoms. The second-order valence-electron chi connectivity index (χ2n) is 5.53. The third-order valence-electron chi connectivity index (χ3n) is 3.96. The highest BCUT2D eigenvalue weighted by molar-refractivity contribution is 6.42. The van der Waals surface area contributed by atoms with Gasteiger partial charge in [0.05, 0.1) is 10.0 Å². The minimum atomic E-state index is 0.504. The lowest BCUT2D eigenvalue weighted by atomic mass is 10.2. The fraction of sp³-hybridized carbons (Fsp3) is 0.111. The molecule has 4 rings (SSSR count). The molecule has 3 aromatic rings. The average Bonchev–Trinajstić information content (AvgIpc) is 3.03. The van der Waals surface area contributed by atoms with Crippen LogP contribution in [0, 0.1) is 0 Å². The van der Waals surface area contributed by atoms with Crippen molar-refractivity contribution < 1.29 is 0 Å². The molecule has 1 aliphatic rings. The SMILES string of the molecule is Clc1ccc(Nc2ccnc(N3CCc4ccccc43)n2)cc1Cl. The lowest BCUT2D eigenvalue weighted by Gasteiger charge is -2.17. The number of anilines is 4. The lowest BCUT2D eigenvalue weighted by molar-refractivity contribution is 0.941. The molecule has 0 unspecified atom stereocenters. The molecule has 0 atom stereocenters. The van der Waals surface area contributed by atoms with Crippen molar-refractivity contribution in [3.05, 3.63) is 70.3 Å². The molecule has 1 aromatic heterocycles. The maximum absolute atomic E-state index is 6.06. The van der Waals surface area contributed by atoms with Gasteiger partial charge in [-0.2, -0.15) is 4.98 Å². The monoisotopic (exact) mass is 356 g/mol. The highest BCUT2D eigenvalue weighted by atomic mass is 35.5. The summed E-state index contributed by atoms with van der Waals surface area (Å²) in [6.45, 7) is 0.884. The number of para-hydroxylation sites is 1. The topological polar surface area (TPSA) is 41.1 Å². The van der Waals surface area contributed by atoms with E-state index in [0.29, 0.717) is 21.8 Å². The molecular formula is C18H14Cl2N4. The fourth-order valence-corrected chi connectivity index (χ4v) is 3.11. The molecule has 0 radical (unpaired) electrons. The second kappa shape index (κ2) is 6.30. The van der Waals surface area contributed by atoms with Crippen LogP contribution in [0.4, 0.5) is 23.1 Å². The van der Waals surface area contributed by atoms with E-state index in [4.69, 9.17) is 23.2 Å². The number of nitrogens with zero attached hydrogens (tertiary/aromatic N) is 3. The molecule has 120 valence electrons. The summed E-state index contributed by atoms with van der Waals surface area (Å²) < 4.78 is 0. The zero-order valence-corrected chi connectivity index (χ0v) is 14.2. The van der Waals surface area contributed by atoms with E-state index in [1.165, 1.54) is 11.3 Å². The van der Waals surface area contributed by atoms with E-state index in [9.17, 15) is 0 Å². The Balaban J connectivity index is 1.61. The van der Waals surface area contributed by atoms with Gasteiger partial charge >= 0.3 is 0 Å². The van der Waals surface area contributed by atoms with Crippen molar-refractivity contribution in [3.8, 4) is 0 Å². The molecule has 1 aliphatic heterocycles. The molecule has 0 saturated heterocycles. The Kier molecular flexibility index (Phi) is 4.00. The Bertz CT molecular complexity index is 898. The standard InChI is InChI=1S/C18H14Cl2N4/c19-14-6-5-13(11-15(14)20)22-17-7-9-21-18(23-17)24-10-8-12-3-1-2-4-16(12)24/h1-7,9,11H,8,10H2,(H,21,22,23). The van der Waals surface area contributed by atoms with E-state index < -0.39 is 0 Å². The molecule has 6 heteroatoms. The van der Waals surface area contributed by atoms with Gasteiger partial charge in [0.2, 0.25) is 5.95 Å².